The summed E-state index contributed by atoms with van der Waals surface area (Å²) in [6, 6.07) is 11.3. The summed E-state index contributed by atoms with van der Waals surface area (Å²) >= 11 is 0. The Morgan fingerprint density at radius 2 is 1.76 bits per heavy atom. The molecule has 1 aromatic carbocycles. The second-order valence-corrected chi connectivity index (χ2v) is 6.38. The molecule has 3 aromatic rings. The van der Waals surface area contributed by atoms with E-state index in [-0.39, 0.29) is 31.0 Å². The number of hydrogen-bond acceptors (Lipinski definition) is 7. The lowest BCUT2D eigenvalue weighted by Gasteiger charge is -2.22. The first-order chi connectivity index (χ1) is 14.1. The summed E-state index contributed by atoms with van der Waals surface area (Å²) in [7, 11) is 0. The Bertz CT molecular complexity index is 930. The van der Waals surface area contributed by atoms with Gasteiger partial charge in [-0.05, 0) is 18.1 Å². The fourth-order valence-corrected chi connectivity index (χ4v) is 2.75. The van der Waals surface area contributed by atoms with Crippen LogP contribution in [0.5, 0.6) is 0 Å². The van der Waals surface area contributed by atoms with Gasteiger partial charge in [-0.25, -0.2) is 9.97 Å². The Morgan fingerprint density at radius 1 is 1.00 bits per heavy atom. The summed E-state index contributed by atoms with van der Waals surface area (Å²) in [5.74, 6) is -0.0246. The molecule has 2 heterocycles. The van der Waals surface area contributed by atoms with Crippen LogP contribution in [0, 0.1) is 0 Å². The third-order valence-corrected chi connectivity index (χ3v) is 4.17. The van der Waals surface area contributed by atoms with Crippen molar-refractivity contribution in [2.45, 2.75) is 32.2 Å². The predicted molar refractivity (Wildman–Crippen MR) is 102 cm³/mol. The zero-order chi connectivity index (χ0) is 20.5. The molecule has 1 amide bonds. The van der Waals surface area contributed by atoms with Crippen molar-refractivity contribution in [1.82, 2.24) is 25.0 Å². The van der Waals surface area contributed by atoms with E-state index < -0.39 is 5.97 Å². The minimum atomic E-state index is -0.876. The van der Waals surface area contributed by atoms with Crippen LogP contribution in [0.2, 0.25) is 0 Å². The van der Waals surface area contributed by atoms with Crippen molar-refractivity contribution in [1.29, 1.82) is 0 Å². The summed E-state index contributed by atoms with van der Waals surface area (Å²) in [4.78, 5) is 37.6. The average molecular weight is 395 g/mol. The second-order valence-electron chi connectivity index (χ2n) is 6.38. The molecule has 1 N–H and O–H groups in total. The van der Waals surface area contributed by atoms with Gasteiger partial charge in [0, 0.05) is 44.7 Å². The van der Waals surface area contributed by atoms with Gasteiger partial charge in [0.2, 0.25) is 23.4 Å². The van der Waals surface area contributed by atoms with E-state index in [1.165, 1.54) is 0 Å². The Kier molecular flexibility index (Phi) is 6.99. The van der Waals surface area contributed by atoms with Gasteiger partial charge in [0.1, 0.15) is 0 Å². The van der Waals surface area contributed by atoms with Crippen molar-refractivity contribution in [3.05, 3.63) is 60.2 Å². The number of carbonyl (C=O) groups excluding carboxylic acids is 1. The van der Waals surface area contributed by atoms with E-state index in [0.717, 1.165) is 5.56 Å². The van der Waals surface area contributed by atoms with Crippen LogP contribution in [0.15, 0.2) is 53.3 Å². The number of hydrogen-bond donors (Lipinski definition) is 1. The summed E-state index contributed by atoms with van der Waals surface area (Å²) in [6.07, 6.45) is 4.04. The lowest BCUT2D eigenvalue weighted by molar-refractivity contribution is -0.138. The average Bonchev–Trinajstić information content (AvgIpc) is 3.21. The first-order valence-corrected chi connectivity index (χ1v) is 9.25. The van der Waals surface area contributed by atoms with Crippen molar-refractivity contribution < 1.29 is 19.2 Å². The zero-order valence-electron chi connectivity index (χ0n) is 15.8. The number of carbonyl (C=O) groups is 2. The first-order valence-electron chi connectivity index (χ1n) is 9.25. The Labute approximate surface area is 167 Å². The molecule has 0 unspecified atom stereocenters. The largest absolute Gasteiger partial charge is 0.481 e. The quantitative estimate of drug-likeness (QED) is 0.555. The Morgan fingerprint density at radius 3 is 2.48 bits per heavy atom. The second kappa shape index (κ2) is 10.1. The van der Waals surface area contributed by atoms with E-state index in [4.69, 9.17) is 9.63 Å². The minimum Gasteiger partial charge on any atom is -0.481 e. The third kappa shape index (κ3) is 6.20. The minimum absolute atomic E-state index is 0.0165. The van der Waals surface area contributed by atoms with E-state index >= 15 is 0 Å². The summed E-state index contributed by atoms with van der Waals surface area (Å²) < 4.78 is 5.19. The van der Waals surface area contributed by atoms with E-state index in [0.29, 0.717) is 31.2 Å². The molecule has 0 saturated heterocycles. The number of aryl methyl sites for hydroxylation is 1. The van der Waals surface area contributed by atoms with E-state index in [1.54, 1.807) is 23.4 Å². The molecule has 0 aliphatic heterocycles. The molecule has 0 fully saturated rings. The predicted octanol–water partition coefficient (Wildman–Crippen LogP) is 2.35. The molecule has 0 radical (unpaired) electrons. The van der Waals surface area contributed by atoms with E-state index in [1.807, 2.05) is 30.3 Å². The SMILES string of the molecule is O=C(O)CCCN(Cc1ccccc1)C(=O)CCc1nc(-c2ncccn2)no1. The molecule has 0 saturated carbocycles. The van der Waals surface area contributed by atoms with Crippen molar-refractivity contribution in [2.24, 2.45) is 0 Å². The molecule has 2 aromatic heterocycles. The molecule has 29 heavy (non-hydrogen) atoms. The number of benzene rings is 1. The smallest absolute Gasteiger partial charge is 0.303 e. The van der Waals surface area contributed by atoms with Gasteiger partial charge in [-0.15, -0.1) is 0 Å². The van der Waals surface area contributed by atoms with Crippen molar-refractivity contribution in [3.63, 3.8) is 0 Å². The van der Waals surface area contributed by atoms with Crippen LogP contribution in [-0.4, -0.2) is 48.5 Å². The van der Waals surface area contributed by atoms with Crippen molar-refractivity contribution >= 4 is 11.9 Å². The summed E-state index contributed by atoms with van der Waals surface area (Å²) in [5, 5.41) is 12.7. The molecule has 150 valence electrons. The molecule has 0 atom stereocenters. The van der Waals surface area contributed by atoms with E-state index in [9.17, 15) is 9.59 Å². The number of aromatic nitrogens is 4. The van der Waals surface area contributed by atoms with Crippen molar-refractivity contribution in [2.75, 3.05) is 6.54 Å². The van der Waals surface area contributed by atoms with Crippen LogP contribution < -0.4 is 0 Å². The number of amides is 1. The molecule has 0 aliphatic rings. The van der Waals surface area contributed by atoms with Gasteiger partial charge >= 0.3 is 5.97 Å². The molecule has 3 rings (SSSR count). The molecule has 0 bridgehead atoms. The highest BCUT2D eigenvalue weighted by Crippen LogP contribution is 2.13. The lowest BCUT2D eigenvalue weighted by atomic mass is 10.1. The van der Waals surface area contributed by atoms with E-state index in [2.05, 4.69) is 20.1 Å². The normalized spacial score (nSPS) is 10.6. The van der Waals surface area contributed by atoms with Crippen LogP contribution in [0.4, 0.5) is 0 Å². The van der Waals surface area contributed by atoms with Crippen LogP contribution >= 0.6 is 0 Å². The maximum atomic E-state index is 12.7. The van der Waals surface area contributed by atoms with Gasteiger partial charge in [-0.1, -0.05) is 35.5 Å². The van der Waals surface area contributed by atoms with Gasteiger partial charge < -0.3 is 14.5 Å². The third-order valence-electron chi connectivity index (χ3n) is 4.17. The fourth-order valence-electron chi connectivity index (χ4n) is 2.75. The number of aliphatic carboxylic acids is 1. The summed E-state index contributed by atoms with van der Waals surface area (Å²) in [5.41, 5.74) is 0.984. The molecular weight excluding hydrogens is 374 g/mol. The Hall–Kier alpha value is -3.62. The molecule has 0 aliphatic carbocycles. The van der Waals surface area contributed by atoms with Crippen LogP contribution in [0.25, 0.3) is 11.6 Å². The molecule has 9 heteroatoms. The van der Waals surface area contributed by atoms with Crippen LogP contribution in [0.1, 0.15) is 30.7 Å². The number of carboxylic acid groups (broad SMARTS) is 1. The molecule has 9 nitrogen and oxygen atoms in total. The highest BCUT2D eigenvalue weighted by molar-refractivity contribution is 5.76. The van der Waals surface area contributed by atoms with Gasteiger partial charge in [-0.3, -0.25) is 9.59 Å². The Balaban J connectivity index is 1.60. The molecule has 0 spiro atoms. The first kappa shape index (κ1) is 20.1. The van der Waals surface area contributed by atoms with Crippen LogP contribution in [-0.2, 0) is 22.6 Å². The lowest BCUT2D eigenvalue weighted by Crippen LogP contribution is -2.32. The van der Waals surface area contributed by atoms with Crippen molar-refractivity contribution in [3.8, 4) is 11.6 Å². The maximum Gasteiger partial charge on any atom is 0.303 e. The van der Waals surface area contributed by atoms with Gasteiger partial charge in [0.25, 0.3) is 0 Å². The van der Waals surface area contributed by atoms with Gasteiger partial charge in [0.05, 0.1) is 0 Å². The number of rotatable bonds is 10. The topological polar surface area (TPSA) is 122 Å². The monoisotopic (exact) mass is 395 g/mol. The van der Waals surface area contributed by atoms with Gasteiger partial charge in [-0.2, -0.15) is 4.98 Å². The maximum absolute atomic E-state index is 12.7. The number of nitrogens with zero attached hydrogens (tertiary/aromatic N) is 5. The number of carboxylic acids is 1. The summed E-state index contributed by atoms with van der Waals surface area (Å²) in [6.45, 7) is 0.791. The highest BCUT2D eigenvalue weighted by Gasteiger charge is 2.17. The molecular formula is C20H21N5O4. The highest BCUT2D eigenvalue weighted by atomic mass is 16.5. The van der Waals surface area contributed by atoms with Gasteiger partial charge in [0.15, 0.2) is 0 Å². The zero-order valence-corrected chi connectivity index (χ0v) is 15.8. The standard InChI is InChI=1S/C20H21N5O4/c26-17(10-9-16-23-20(24-29-16)19-21-11-5-12-22-19)25(13-4-8-18(27)28)14-15-6-2-1-3-7-15/h1-3,5-7,11-12H,4,8-10,13-14H2,(H,27,28). The fraction of sp³-hybridized carbons (Fsp3) is 0.300. The van der Waals surface area contributed by atoms with Crippen LogP contribution in [0.3, 0.4) is 0 Å².